The van der Waals surface area contributed by atoms with Crippen molar-refractivity contribution in [3.63, 3.8) is 0 Å². The molecule has 9 heteroatoms. The molecule has 3 aromatic rings. The van der Waals surface area contributed by atoms with Crippen molar-refractivity contribution in [1.29, 1.82) is 0 Å². The van der Waals surface area contributed by atoms with Crippen LogP contribution in [-0.4, -0.2) is 60.5 Å². The fourth-order valence-corrected chi connectivity index (χ4v) is 3.41. The van der Waals surface area contributed by atoms with E-state index in [9.17, 15) is 9.59 Å². The molecule has 9 nitrogen and oxygen atoms in total. The number of benzene rings is 2. The van der Waals surface area contributed by atoms with Crippen molar-refractivity contribution < 1.29 is 19.1 Å². The molecule has 0 aliphatic rings. The van der Waals surface area contributed by atoms with Gasteiger partial charge in [0.1, 0.15) is 18.1 Å². The second-order valence-corrected chi connectivity index (χ2v) is 9.53. The highest BCUT2D eigenvalue weighted by Gasteiger charge is 2.23. The maximum atomic E-state index is 13.1. The van der Waals surface area contributed by atoms with E-state index in [1.54, 1.807) is 18.9 Å². The zero-order chi connectivity index (χ0) is 26.3. The molecule has 2 N–H and O–H groups in total. The highest BCUT2D eigenvalue weighted by molar-refractivity contribution is 5.96. The molecule has 0 bridgehead atoms. The predicted octanol–water partition coefficient (Wildman–Crippen LogP) is 4.61. The number of rotatable bonds is 9. The predicted molar refractivity (Wildman–Crippen MR) is 141 cm³/mol. The van der Waals surface area contributed by atoms with Gasteiger partial charge in [0.15, 0.2) is 0 Å². The highest BCUT2D eigenvalue weighted by atomic mass is 16.5. The number of nitrogens with zero attached hydrogens (tertiary/aromatic N) is 3. The Bertz CT molecular complexity index is 1160. The Hall–Kier alpha value is -3.85. The van der Waals surface area contributed by atoms with Crippen LogP contribution in [0.25, 0.3) is 5.69 Å². The molecule has 0 radical (unpaired) electrons. The molecule has 192 valence electrons. The van der Waals surface area contributed by atoms with Crippen LogP contribution >= 0.6 is 0 Å². The largest absolute Gasteiger partial charge is 0.497 e. The third kappa shape index (κ3) is 7.08. The van der Waals surface area contributed by atoms with Crippen molar-refractivity contribution in [1.82, 2.24) is 14.7 Å². The molecule has 0 aliphatic carbocycles. The monoisotopic (exact) mass is 493 g/mol. The first-order valence-electron chi connectivity index (χ1n) is 11.8. The second kappa shape index (κ2) is 11.7. The first kappa shape index (κ1) is 26.7. The normalized spacial score (nSPS) is 11.2. The van der Waals surface area contributed by atoms with Crippen LogP contribution in [0.15, 0.2) is 54.6 Å². The summed E-state index contributed by atoms with van der Waals surface area (Å²) in [4.78, 5) is 27.4. The SMILES string of the molecule is COCCN(CC(=O)Nc1cc(C(C)(C)C)nn1-c1ccc(OC)cc1)C(=O)Nc1ccc(C)cc1. The number of carbonyl (C=O) groups is 2. The molecule has 0 spiro atoms. The van der Waals surface area contributed by atoms with E-state index < -0.39 is 0 Å². The molecule has 1 aromatic heterocycles. The zero-order valence-electron chi connectivity index (χ0n) is 21.8. The molecule has 3 amide bonds. The van der Waals surface area contributed by atoms with Crippen LogP contribution in [0.2, 0.25) is 0 Å². The number of anilines is 2. The Morgan fingerprint density at radius 3 is 2.25 bits per heavy atom. The number of nitrogens with one attached hydrogen (secondary N) is 2. The average Bonchev–Trinajstić information content (AvgIpc) is 3.27. The Kier molecular flexibility index (Phi) is 8.71. The molecule has 36 heavy (non-hydrogen) atoms. The van der Waals surface area contributed by atoms with Crippen LogP contribution in [0.4, 0.5) is 16.3 Å². The van der Waals surface area contributed by atoms with Crippen molar-refractivity contribution in [3.05, 3.63) is 65.9 Å². The Labute approximate surface area is 212 Å². The van der Waals surface area contributed by atoms with Gasteiger partial charge in [-0.2, -0.15) is 5.10 Å². The number of aromatic nitrogens is 2. The number of carbonyl (C=O) groups excluding carboxylic acids is 2. The van der Waals surface area contributed by atoms with Gasteiger partial charge in [-0.05, 0) is 43.3 Å². The molecule has 3 rings (SSSR count). The van der Waals surface area contributed by atoms with Gasteiger partial charge in [-0.25, -0.2) is 9.48 Å². The summed E-state index contributed by atoms with van der Waals surface area (Å²) in [5, 5.41) is 10.5. The minimum absolute atomic E-state index is 0.153. The van der Waals surface area contributed by atoms with E-state index in [2.05, 4.69) is 31.4 Å². The molecule has 0 fully saturated rings. The number of ether oxygens (including phenoxy) is 2. The average molecular weight is 494 g/mol. The Balaban J connectivity index is 1.80. The van der Waals surface area contributed by atoms with Gasteiger partial charge in [-0.1, -0.05) is 38.5 Å². The van der Waals surface area contributed by atoms with Gasteiger partial charge in [0.2, 0.25) is 5.91 Å². The summed E-state index contributed by atoms with van der Waals surface area (Å²) in [6, 6.07) is 16.3. The van der Waals surface area contributed by atoms with Gasteiger partial charge in [0, 0.05) is 30.8 Å². The lowest BCUT2D eigenvalue weighted by Crippen LogP contribution is -2.42. The summed E-state index contributed by atoms with van der Waals surface area (Å²) in [5.74, 6) is 0.891. The van der Waals surface area contributed by atoms with Crippen molar-refractivity contribution in [2.24, 2.45) is 0 Å². The van der Waals surface area contributed by atoms with Crippen molar-refractivity contribution in [2.75, 3.05) is 44.5 Å². The van der Waals surface area contributed by atoms with Crippen LogP contribution in [0.5, 0.6) is 5.75 Å². The lowest BCUT2D eigenvalue weighted by Gasteiger charge is -2.22. The van der Waals surface area contributed by atoms with Crippen molar-refractivity contribution in [3.8, 4) is 11.4 Å². The standard InChI is InChI=1S/C27H35N5O4/c1-19-7-9-20(10-8-19)28-26(34)31(15-16-35-5)18-25(33)29-24-17-23(27(2,3)4)30-32(24)21-11-13-22(36-6)14-12-21/h7-14,17H,15-16,18H2,1-6H3,(H,28,34)(H,29,33). The van der Waals surface area contributed by atoms with Gasteiger partial charge in [-0.3, -0.25) is 4.79 Å². The van der Waals surface area contributed by atoms with E-state index in [1.807, 2.05) is 61.5 Å². The maximum Gasteiger partial charge on any atom is 0.322 e. The molecule has 0 aliphatic heterocycles. The summed E-state index contributed by atoms with van der Waals surface area (Å²) < 4.78 is 12.1. The van der Waals surface area contributed by atoms with E-state index in [-0.39, 0.29) is 30.4 Å². The lowest BCUT2D eigenvalue weighted by molar-refractivity contribution is -0.116. The summed E-state index contributed by atoms with van der Waals surface area (Å²) in [6.07, 6.45) is 0. The topological polar surface area (TPSA) is 97.7 Å². The maximum absolute atomic E-state index is 13.1. The van der Waals surface area contributed by atoms with Gasteiger partial charge in [0.05, 0.1) is 25.1 Å². The van der Waals surface area contributed by atoms with Crippen LogP contribution in [0, 0.1) is 6.92 Å². The van der Waals surface area contributed by atoms with Crippen LogP contribution < -0.4 is 15.4 Å². The third-order valence-corrected chi connectivity index (χ3v) is 5.55. The van der Waals surface area contributed by atoms with E-state index in [0.29, 0.717) is 18.1 Å². The molecule has 2 aromatic carbocycles. The fourth-order valence-electron chi connectivity index (χ4n) is 3.41. The van der Waals surface area contributed by atoms with Crippen LogP contribution in [0.1, 0.15) is 32.0 Å². The third-order valence-electron chi connectivity index (χ3n) is 5.55. The van der Waals surface area contributed by atoms with Gasteiger partial charge in [-0.15, -0.1) is 0 Å². The Morgan fingerprint density at radius 1 is 1.00 bits per heavy atom. The lowest BCUT2D eigenvalue weighted by atomic mass is 9.92. The number of urea groups is 1. The van der Waals surface area contributed by atoms with Gasteiger partial charge < -0.3 is 25.0 Å². The summed E-state index contributed by atoms with van der Waals surface area (Å²) in [5.41, 5.74) is 3.11. The van der Waals surface area contributed by atoms with E-state index >= 15 is 0 Å². The van der Waals surface area contributed by atoms with E-state index in [1.165, 1.54) is 4.90 Å². The quantitative estimate of drug-likeness (QED) is 0.454. The molecular formula is C27H35N5O4. The summed E-state index contributed by atoms with van der Waals surface area (Å²) in [6.45, 7) is 8.55. The van der Waals surface area contributed by atoms with Gasteiger partial charge >= 0.3 is 6.03 Å². The minimum atomic E-state index is -0.384. The van der Waals surface area contributed by atoms with Crippen molar-refractivity contribution >= 4 is 23.4 Å². The number of amides is 3. The molecule has 1 heterocycles. The van der Waals surface area contributed by atoms with E-state index in [4.69, 9.17) is 14.6 Å². The number of hydrogen-bond acceptors (Lipinski definition) is 5. The zero-order valence-corrected chi connectivity index (χ0v) is 21.8. The molecule has 0 atom stereocenters. The Morgan fingerprint density at radius 2 is 1.67 bits per heavy atom. The van der Waals surface area contributed by atoms with Crippen LogP contribution in [0.3, 0.4) is 0 Å². The van der Waals surface area contributed by atoms with Crippen LogP contribution in [-0.2, 0) is 14.9 Å². The van der Waals surface area contributed by atoms with Gasteiger partial charge in [0.25, 0.3) is 0 Å². The molecule has 0 unspecified atom stereocenters. The molecule has 0 saturated carbocycles. The highest BCUT2D eigenvalue weighted by Crippen LogP contribution is 2.27. The first-order valence-corrected chi connectivity index (χ1v) is 11.8. The smallest absolute Gasteiger partial charge is 0.322 e. The summed E-state index contributed by atoms with van der Waals surface area (Å²) >= 11 is 0. The molecular weight excluding hydrogens is 458 g/mol. The minimum Gasteiger partial charge on any atom is -0.497 e. The van der Waals surface area contributed by atoms with Crippen molar-refractivity contribution in [2.45, 2.75) is 33.1 Å². The number of hydrogen-bond donors (Lipinski definition) is 2. The number of aryl methyl sites for hydroxylation is 1. The fraction of sp³-hybridized carbons (Fsp3) is 0.370. The molecule has 0 saturated heterocycles. The van der Waals surface area contributed by atoms with E-state index in [0.717, 1.165) is 22.7 Å². The first-order chi connectivity index (χ1) is 17.1. The number of methoxy groups -OCH3 is 2. The summed E-state index contributed by atoms with van der Waals surface area (Å²) in [7, 11) is 3.16. The second-order valence-electron chi connectivity index (χ2n) is 9.53.